The van der Waals surface area contributed by atoms with E-state index in [-0.39, 0.29) is 0 Å². The minimum atomic E-state index is 0.676. The Bertz CT molecular complexity index is 842. The molecule has 0 aromatic carbocycles. The summed E-state index contributed by atoms with van der Waals surface area (Å²) in [5.41, 5.74) is 4.28. The van der Waals surface area contributed by atoms with Gasteiger partial charge in [0, 0.05) is 30.1 Å². The molecule has 2 aromatic heterocycles. The highest BCUT2D eigenvalue weighted by Gasteiger charge is 2.18. The Kier molecular flexibility index (Phi) is 6.09. The van der Waals surface area contributed by atoms with Crippen molar-refractivity contribution in [2.45, 2.75) is 39.8 Å². The maximum Gasteiger partial charge on any atom is 0.157 e. The van der Waals surface area contributed by atoms with Gasteiger partial charge in [0.25, 0.3) is 0 Å². The van der Waals surface area contributed by atoms with Crippen molar-refractivity contribution in [3.8, 4) is 0 Å². The second-order valence-electron chi connectivity index (χ2n) is 6.03. The lowest BCUT2D eigenvalue weighted by atomic mass is 10.0. The molecule has 6 nitrogen and oxygen atoms in total. The van der Waals surface area contributed by atoms with E-state index < -0.39 is 0 Å². The maximum atomic E-state index is 4.42. The molecule has 0 radical (unpaired) electrons. The molecule has 0 fully saturated rings. The molecule has 134 valence electrons. The van der Waals surface area contributed by atoms with Gasteiger partial charge in [-0.15, -0.1) is 0 Å². The zero-order valence-electron chi connectivity index (χ0n) is 15.3. The maximum absolute atomic E-state index is 4.42. The SMILES string of the molecule is CCCC1=C(C\C=C/C=C\N=C(/C)c2ccccn2)NCn2ncnc21. The van der Waals surface area contributed by atoms with Gasteiger partial charge in [-0.3, -0.25) is 9.98 Å². The number of fused-ring (bicyclic) bond motifs is 1. The van der Waals surface area contributed by atoms with Crippen molar-refractivity contribution in [3.05, 3.63) is 72.4 Å². The fourth-order valence-electron chi connectivity index (χ4n) is 2.85. The fraction of sp³-hybridized carbons (Fsp3) is 0.300. The molecule has 0 unspecified atom stereocenters. The predicted octanol–water partition coefficient (Wildman–Crippen LogP) is 3.71. The zero-order valence-corrected chi connectivity index (χ0v) is 15.3. The van der Waals surface area contributed by atoms with Gasteiger partial charge < -0.3 is 5.32 Å². The van der Waals surface area contributed by atoms with Crippen LogP contribution in [0.25, 0.3) is 5.57 Å². The Balaban J connectivity index is 1.62. The monoisotopic (exact) mass is 348 g/mol. The van der Waals surface area contributed by atoms with Crippen molar-refractivity contribution in [2.24, 2.45) is 4.99 Å². The first kappa shape index (κ1) is 17.8. The Morgan fingerprint density at radius 1 is 1.31 bits per heavy atom. The van der Waals surface area contributed by atoms with Crippen LogP contribution < -0.4 is 5.32 Å². The first-order valence-electron chi connectivity index (χ1n) is 8.91. The molecular formula is C20H24N6. The lowest BCUT2D eigenvalue weighted by molar-refractivity contribution is 0.526. The average Bonchev–Trinajstić information content (AvgIpc) is 3.15. The smallest absolute Gasteiger partial charge is 0.157 e. The normalized spacial score (nSPS) is 14.9. The molecule has 1 N–H and O–H groups in total. The van der Waals surface area contributed by atoms with Crippen LogP contribution in [0.1, 0.15) is 44.6 Å². The van der Waals surface area contributed by atoms with Crippen LogP contribution in [-0.4, -0.2) is 25.5 Å². The van der Waals surface area contributed by atoms with Gasteiger partial charge in [-0.2, -0.15) is 5.10 Å². The van der Waals surface area contributed by atoms with Gasteiger partial charge in [0.05, 0.1) is 11.4 Å². The lowest BCUT2D eigenvalue weighted by Gasteiger charge is -2.21. The summed E-state index contributed by atoms with van der Waals surface area (Å²) in [6.07, 6.45) is 14.2. The summed E-state index contributed by atoms with van der Waals surface area (Å²) in [6.45, 7) is 4.82. The van der Waals surface area contributed by atoms with Crippen LogP contribution in [0.4, 0.5) is 0 Å². The zero-order chi connectivity index (χ0) is 18.2. The molecule has 0 saturated heterocycles. The molecule has 2 aromatic rings. The Labute approximate surface area is 154 Å². The third-order valence-electron chi connectivity index (χ3n) is 4.15. The topological polar surface area (TPSA) is 68.0 Å². The summed E-state index contributed by atoms with van der Waals surface area (Å²) < 4.78 is 1.91. The van der Waals surface area contributed by atoms with Gasteiger partial charge >= 0.3 is 0 Å². The molecule has 0 spiro atoms. The second kappa shape index (κ2) is 8.89. The van der Waals surface area contributed by atoms with E-state index in [1.54, 1.807) is 18.7 Å². The number of hydrogen-bond acceptors (Lipinski definition) is 5. The van der Waals surface area contributed by atoms with E-state index in [2.05, 4.69) is 38.4 Å². The quantitative estimate of drug-likeness (QED) is 0.612. The number of aliphatic imine (C=N–C) groups is 1. The molecule has 1 aliphatic heterocycles. The largest absolute Gasteiger partial charge is 0.369 e. The van der Waals surface area contributed by atoms with Gasteiger partial charge in [0.2, 0.25) is 0 Å². The summed E-state index contributed by atoms with van der Waals surface area (Å²) in [6, 6.07) is 5.82. The minimum Gasteiger partial charge on any atom is -0.369 e. The minimum absolute atomic E-state index is 0.676. The Morgan fingerprint density at radius 2 is 2.23 bits per heavy atom. The highest BCUT2D eigenvalue weighted by molar-refractivity contribution is 5.97. The first-order valence-corrected chi connectivity index (χ1v) is 8.91. The number of allylic oxidation sites excluding steroid dienone is 4. The number of hydrogen-bond donors (Lipinski definition) is 1. The van der Waals surface area contributed by atoms with Gasteiger partial charge in [-0.25, -0.2) is 9.67 Å². The first-order chi connectivity index (χ1) is 12.8. The molecule has 0 aliphatic carbocycles. The van der Waals surface area contributed by atoms with E-state index in [0.717, 1.165) is 36.5 Å². The van der Waals surface area contributed by atoms with Crippen LogP contribution in [-0.2, 0) is 6.67 Å². The number of nitrogens with one attached hydrogen (secondary N) is 1. The highest BCUT2D eigenvalue weighted by Crippen LogP contribution is 2.25. The molecular weight excluding hydrogens is 324 g/mol. The summed E-state index contributed by atoms with van der Waals surface area (Å²) in [5.74, 6) is 0.986. The third kappa shape index (κ3) is 4.33. The van der Waals surface area contributed by atoms with Crippen molar-refractivity contribution in [1.82, 2.24) is 25.1 Å². The van der Waals surface area contributed by atoms with E-state index in [1.807, 2.05) is 42.0 Å². The van der Waals surface area contributed by atoms with Crippen LogP contribution in [0.5, 0.6) is 0 Å². The van der Waals surface area contributed by atoms with E-state index >= 15 is 0 Å². The summed E-state index contributed by atoms with van der Waals surface area (Å²) >= 11 is 0. The van der Waals surface area contributed by atoms with Gasteiger partial charge in [-0.1, -0.05) is 31.6 Å². The van der Waals surface area contributed by atoms with Gasteiger partial charge in [0.15, 0.2) is 5.82 Å². The van der Waals surface area contributed by atoms with E-state index in [9.17, 15) is 0 Å². The molecule has 0 atom stereocenters. The summed E-state index contributed by atoms with van der Waals surface area (Å²) in [4.78, 5) is 13.1. The van der Waals surface area contributed by atoms with Crippen LogP contribution >= 0.6 is 0 Å². The molecule has 0 bridgehead atoms. The van der Waals surface area contributed by atoms with Gasteiger partial charge in [-0.05, 0) is 31.6 Å². The summed E-state index contributed by atoms with van der Waals surface area (Å²) in [7, 11) is 0. The van der Waals surface area contributed by atoms with Crippen molar-refractivity contribution < 1.29 is 0 Å². The number of aromatic nitrogens is 4. The van der Waals surface area contributed by atoms with Crippen LogP contribution in [0.2, 0.25) is 0 Å². The van der Waals surface area contributed by atoms with Crippen molar-refractivity contribution in [1.29, 1.82) is 0 Å². The summed E-state index contributed by atoms with van der Waals surface area (Å²) in [5, 5.41) is 7.70. The van der Waals surface area contributed by atoms with E-state index in [1.165, 1.54) is 11.3 Å². The Morgan fingerprint density at radius 3 is 3.04 bits per heavy atom. The van der Waals surface area contributed by atoms with Crippen LogP contribution in [0.15, 0.2) is 65.8 Å². The number of nitrogens with zero attached hydrogens (tertiary/aromatic N) is 5. The van der Waals surface area contributed by atoms with E-state index in [4.69, 9.17) is 0 Å². The second-order valence-corrected chi connectivity index (χ2v) is 6.03. The molecule has 3 rings (SSSR count). The number of rotatable bonds is 7. The molecule has 3 heterocycles. The van der Waals surface area contributed by atoms with Crippen LogP contribution in [0, 0.1) is 0 Å². The fourth-order valence-corrected chi connectivity index (χ4v) is 2.85. The van der Waals surface area contributed by atoms with Crippen LogP contribution in [0.3, 0.4) is 0 Å². The highest BCUT2D eigenvalue weighted by atomic mass is 15.4. The van der Waals surface area contributed by atoms with Crippen molar-refractivity contribution in [3.63, 3.8) is 0 Å². The average molecular weight is 348 g/mol. The lowest BCUT2D eigenvalue weighted by Crippen LogP contribution is -2.26. The number of pyridine rings is 1. The van der Waals surface area contributed by atoms with Crippen molar-refractivity contribution >= 4 is 11.3 Å². The van der Waals surface area contributed by atoms with E-state index in [0.29, 0.717) is 6.67 Å². The molecule has 6 heteroatoms. The molecule has 1 aliphatic rings. The standard InChI is InChI=1S/C20H24N6/c1-3-9-17-19(24-15-26-20(17)23-14-25-26)11-5-4-7-12-21-16(2)18-10-6-8-13-22-18/h4-8,10,12-14,24H,3,9,11,15H2,1-2H3/b5-4-,12-7-,21-16+. The molecule has 26 heavy (non-hydrogen) atoms. The predicted molar refractivity (Wildman–Crippen MR) is 104 cm³/mol. The Hall–Kier alpha value is -3.02. The molecule has 0 amide bonds. The van der Waals surface area contributed by atoms with Gasteiger partial charge in [0.1, 0.15) is 13.0 Å². The molecule has 0 saturated carbocycles. The third-order valence-corrected chi connectivity index (χ3v) is 4.15. The van der Waals surface area contributed by atoms with Crippen molar-refractivity contribution in [2.75, 3.05) is 0 Å².